The fourth-order valence-corrected chi connectivity index (χ4v) is 2.96. The number of nitrogens with zero attached hydrogens (tertiary/aromatic N) is 2. The average molecular weight is 342 g/mol. The summed E-state index contributed by atoms with van der Waals surface area (Å²) in [5, 5.41) is 13.7. The normalized spacial score (nSPS) is 10.7. The standard InChI is InChI=1S/C13H16BrN3OS/c1-3-6-15-8-12-16-17-13(19-12)9-4-5-11(18-2)10(14)7-9/h4-5,7,15H,3,6,8H2,1-2H3. The van der Waals surface area contributed by atoms with Crippen LogP contribution in [0.3, 0.4) is 0 Å². The van der Waals surface area contributed by atoms with Crippen LogP contribution in [0.5, 0.6) is 5.75 Å². The van der Waals surface area contributed by atoms with Crippen molar-refractivity contribution in [3.05, 3.63) is 27.7 Å². The van der Waals surface area contributed by atoms with E-state index >= 15 is 0 Å². The SMILES string of the molecule is CCCNCc1nnc(-c2ccc(OC)c(Br)c2)s1. The Morgan fingerprint density at radius 1 is 1.37 bits per heavy atom. The summed E-state index contributed by atoms with van der Waals surface area (Å²) in [5.41, 5.74) is 1.05. The lowest BCUT2D eigenvalue weighted by Gasteiger charge is -2.03. The van der Waals surface area contributed by atoms with Gasteiger partial charge in [0.2, 0.25) is 0 Å². The van der Waals surface area contributed by atoms with E-state index < -0.39 is 0 Å². The molecule has 0 radical (unpaired) electrons. The van der Waals surface area contributed by atoms with E-state index in [2.05, 4.69) is 38.4 Å². The topological polar surface area (TPSA) is 47.0 Å². The van der Waals surface area contributed by atoms with Gasteiger partial charge in [-0.2, -0.15) is 0 Å². The van der Waals surface area contributed by atoms with E-state index in [0.29, 0.717) is 0 Å². The Bertz CT molecular complexity index is 544. The second-order valence-electron chi connectivity index (χ2n) is 4.03. The predicted octanol–water partition coefficient (Wildman–Crippen LogP) is 3.48. The smallest absolute Gasteiger partial charge is 0.147 e. The number of aromatic nitrogens is 2. The van der Waals surface area contributed by atoms with Gasteiger partial charge in [0.05, 0.1) is 11.6 Å². The van der Waals surface area contributed by atoms with E-state index in [-0.39, 0.29) is 0 Å². The highest BCUT2D eigenvalue weighted by atomic mass is 79.9. The van der Waals surface area contributed by atoms with E-state index in [1.54, 1.807) is 18.4 Å². The first-order valence-electron chi connectivity index (χ1n) is 6.11. The Morgan fingerprint density at radius 2 is 2.21 bits per heavy atom. The molecule has 0 fully saturated rings. The Kier molecular flexibility index (Phi) is 5.30. The number of hydrogen-bond acceptors (Lipinski definition) is 5. The molecule has 1 aromatic heterocycles. The molecule has 1 aromatic carbocycles. The molecular weight excluding hydrogens is 326 g/mol. The summed E-state index contributed by atoms with van der Waals surface area (Å²) in [6.45, 7) is 3.93. The fraction of sp³-hybridized carbons (Fsp3) is 0.385. The molecule has 0 aliphatic carbocycles. The zero-order chi connectivity index (χ0) is 13.7. The maximum absolute atomic E-state index is 5.22. The van der Waals surface area contributed by atoms with E-state index in [1.165, 1.54) is 0 Å². The van der Waals surface area contributed by atoms with E-state index in [9.17, 15) is 0 Å². The molecule has 1 heterocycles. The first kappa shape index (κ1) is 14.4. The largest absolute Gasteiger partial charge is 0.496 e. The summed E-state index contributed by atoms with van der Waals surface area (Å²) in [4.78, 5) is 0. The van der Waals surface area contributed by atoms with Crippen molar-refractivity contribution < 1.29 is 4.74 Å². The predicted molar refractivity (Wildman–Crippen MR) is 81.6 cm³/mol. The van der Waals surface area contributed by atoms with Gasteiger partial charge in [-0.1, -0.05) is 18.3 Å². The van der Waals surface area contributed by atoms with E-state index in [1.807, 2.05) is 18.2 Å². The van der Waals surface area contributed by atoms with Crippen molar-refractivity contribution in [1.82, 2.24) is 15.5 Å². The van der Waals surface area contributed by atoms with Crippen molar-refractivity contribution in [3.63, 3.8) is 0 Å². The van der Waals surface area contributed by atoms with Crippen LogP contribution in [0.4, 0.5) is 0 Å². The number of methoxy groups -OCH3 is 1. The molecule has 0 saturated heterocycles. The van der Waals surface area contributed by atoms with Crippen LogP contribution in [0.1, 0.15) is 18.4 Å². The zero-order valence-electron chi connectivity index (χ0n) is 10.9. The molecule has 0 aliphatic heterocycles. The molecule has 0 atom stereocenters. The van der Waals surface area contributed by atoms with Gasteiger partial charge in [0.1, 0.15) is 15.8 Å². The Hall–Kier alpha value is -0.980. The minimum Gasteiger partial charge on any atom is -0.496 e. The third kappa shape index (κ3) is 3.75. The van der Waals surface area contributed by atoms with Crippen molar-refractivity contribution in [2.45, 2.75) is 19.9 Å². The highest BCUT2D eigenvalue weighted by Crippen LogP contribution is 2.31. The highest BCUT2D eigenvalue weighted by molar-refractivity contribution is 9.10. The molecule has 19 heavy (non-hydrogen) atoms. The van der Waals surface area contributed by atoms with Crippen molar-refractivity contribution in [2.24, 2.45) is 0 Å². The molecule has 0 unspecified atom stereocenters. The van der Waals surface area contributed by atoms with Gasteiger partial charge >= 0.3 is 0 Å². The van der Waals surface area contributed by atoms with Gasteiger partial charge in [0.15, 0.2) is 0 Å². The van der Waals surface area contributed by atoms with Gasteiger partial charge in [-0.25, -0.2) is 0 Å². The van der Waals surface area contributed by atoms with Gasteiger partial charge < -0.3 is 10.1 Å². The van der Waals surface area contributed by atoms with Crippen LogP contribution in [0, 0.1) is 0 Å². The van der Waals surface area contributed by atoms with Crippen molar-refractivity contribution >= 4 is 27.3 Å². The highest BCUT2D eigenvalue weighted by Gasteiger charge is 2.08. The quantitative estimate of drug-likeness (QED) is 0.817. The molecule has 0 aliphatic rings. The Morgan fingerprint density at radius 3 is 2.89 bits per heavy atom. The van der Waals surface area contributed by atoms with Crippen LogP contribution in [-0.4, -0.2) is 23.9 Å². The lowest BCUT2D eigenvalue weighted by molar-refractivity contribution is 0.412. The van der Waals surface area contributed by atoms with E-state index in [4.69, 9.17) is 4.74 Å². The molecule has 102 valence electrons. The minimum absolute atomic E-state index is 0.781. The van der Waals surface area contributed by atoms with Gasteiger partial charge in [0.25, 0.3) is 0 Å². The van der Waals surface area contributed by atoms with Gasteiger partial charge in [0, 0.05) is 12.1 Å². The second-order valence-corrected chi connectivity index (χ2v) is 5.94. The monoisotopic (exact) mass is 341 g/mol. The Balaban J connectivity index is 2.11. The van der Waals surface area contributed by atoms with Crippen LogP contribution in [0.25, 0.3) is 10.6 Å². The maximum atomic E-state index is 5.22. The summed E-state index contributed by atoms with van der Waals surface area (Å²) in [6, 6.07) is 5.92. The molecule has 1 N–H and O–H groups in total. The zero-order valence-corrected chi connectivity index (χ0v) is 13.3. The second kappa shape index (κ2) is 6.98. The minimum atomic E-state index is 0.781. The molecule has 2 rings (SSSR count). The number of ether oxygens (including phenoxy) is 1. The molecule has 2 aromatic rings. The van der Waals surface area contributed by atoms with Gasteiger partial charge in [-0.15, -0.1) is 10.2 Å². The molecule has 6 heteroatoms. The van der Waals surface area contributed by atoms with Crippen LogP contribution < -0.4 is 10.1 Å². The lowest BCUT2D eigenvalue weighted by atomic mass is 10.2. The van der Waals surface area contributed by atoms with Crippen LogP contribution >= 0.6 is 27.3 Å². The number of hydrogen-bond donors (Lipinski definition) is 1. The first-order valence-corrected chi connectivity index (χ1v) is 7.72. The van der Waals surface area contributed by atoms with Crippen molar-refractivity contribution in [1.29, 1.82) is 0 Å². The van der Waals surface area contributed by atoms with Gasteiger partial charge in [-0.3, -0.25) is 0 Å². The average Bonchev–Trinajstić information content (AvgIpc) is 2.88. The Labute approximate surface area is 125 Å². The fourth-order valence-electron chi connectivity index (χ4n) is 1.61. The summed E-state index contributed by atoms with van der Waals surface area (Å²) in [5.74, 6) is 0.818. The van der Waals surface area contributed by atoms with Crippen LogP contribution in [0.2, 0.25) is 0 Å². The number of nitrogens with one attached hydrogen (secondary N) is 1. The first-order chi connectivity index (χ1) is 9.24. The third-order valence-corrected chi connectivity index (χ3v) is 4.16. The number of halogens is 1. The molecule has 0 spiro atoms. The van der Waals surface area contributed by atoms with Crippen molar-refractivity contribution in [3.8, 4) is 16.3 Å². The number of benzene rings is 1. The van der Waals surface area contributed by atoms with Crippen LogP contribution in [0.15, 0.2) is 22.7 Å². The molecule has 0 saturated carbocycles. The molecule has 0 amide bonds. The summed E-state index contributed by atoms with van der Waals surface area (Å²) in [6.07, 6.45) is 1.12. The molecule has 0 bridgehead atoms. The van der Waals surface area contributed by atoms with Crippen LogP contribution in [-0.2, 0) is 6.54 Å². The van der Waals surface area contributed by atoms with Gasteiger partial charge in [-0.05, 0) is 47.1 Å². The van der Waals surface area contributed by atoms with Crippen molar-refractivity contribution in [2.75, 3.05) is 13.7 Å². The van der Waals surface area contributed by atoms with E-state index in [0.717, 1.165) is 45.3 Å². The summed E-state index contributed by atoms with van der Waals surface area (Å²) < 4.78 is 6.14. The summed E-state index contributed by atoms with van der Waals surface area (Å²) >= 11 is 5.09. The summed E-state index contributed by atoms with van der Waals surface area (Å²) in [7, 11) is 1.65. The lowest BCUT2D eigenvalue weighted by Crippen LogP contribution is -2.13. The maximum Gasteiger partial charge on any atom is 0.147 e. The molecular formula is C13H16BrN3OS. The third-order valence-electron chi connectivity index (χ3n) is 2.57. The molecule has 4 nitrogen and oxygen atoms in total. The number of rotatable bonds is 6.